The lowest BCUT2D eigenvalue weighted by molar-refractivity contribution is 0.546. The fraction of sp³-hybridized carbons (Fsp3) is 0.750. The van der Waals surface area contributed by atoms with E-state index >= 15 is 0 Å². The molecule has 0 aromatic rings. The third-order valence-electron chi connectivity index (χ3n) is 2.87. The molecule has 2 atom stereocenters. The van der Waals surface area contributed by atoms with Crippen LogP contribution in [0.3, 0.4) is 0 Å². The molecule has 2 unspecified atom stereocenters. The van der Waals surface area contributed by atoms with Gasteiger partial charge in [0.15, 0.2) is 0 Å². The summed E-state index contributed by atoms with van der Waals surface area (Å²) in [6.07, 6.45) is 7.97. The van der Waals surface area contributed by atoms with Crippen molar-refractivity contribution in [1.29, 1.82) is 0 Å². The van der Waals surface area contributed by atoms with Gasteiger partial charge in [-0.05, 0) is 19.5 Å². The van der Waals surface area contributed by atoms with Crippen molar-refractivity contribution in [1.82, 2.24) is 0 Å². The molecule has 56 valence electrons. The van der Waals surface area contributed by atoms with E-state index < -0.39 is 7.14 Å². The van der Waals surface area contributed by atoms with Crippen LogP contribution in [0.1, 0.15) is 19.3 Å². The van der Waals surface area contributed by atoms with E-state index in [0.717, 1.165) is 0 Å². The van der Waals surface area contributed by atoms with Crippen LogP contribution in [0.5, 0.6) is 0 Å². The molecule has 1 nitrogen and oxygen atoms in total. The summed E-state index contributed by atoms with van der Waals surface area (Å²) < 4.78 is 11.9. The van der Waals surface area contributed by atoms with Gasteiger partial charge in [-0.1, -0.05) is 18.6 Å². The molecule has 0 saturated carbocycles. The van der Waals surface area contributed by atoms with E-state index in [0.29, 0.717) is 11.3 Å². The van der Waals surface area contributed by atoms with Gasteiger partial charge in [0, 0.05) is 11.3 Å². The zero-order chi connectivity index (χ0) is 7.19. The lowest BCUT2D eigenvalue weighted by atomic mass is 10.2. The fourth-order valence-electron chi connectivity index (χ4n) is 2.09. The number of fused-ring (bicyclic) bond motifs is 2. The second kappa shape index (κ2) is 1.98. The summed E-state index contributed by atoms with van der Waals surface area (Å²) in [5, 5.41) is 0. The van der Waals surface area contributed by atoms with Crippen LogP contribution >= 0.6 is 7.14 Å². The van der Waals surface area contributed by atoms with Crippen molar-refractivity contribution in [2.75, 3.05) is 6.66 Å². The van der Waals surface area contributed by atoms with Crippen LogP contribution in [0.15, 0.2) is 12.2 Å². The first-order valence-corrected chi connectivity index (χ1v) is 6.26. The molecule has 2 aliphatic rings. The summed E-state index contributed by atoms with van der Waals surface area (Å²) >= 11 is 0. The van der Waals surface area contributed by atoms with E-state index in [1.807, 2.05) is 6.66 Å². The summed E-state index contributed by atoms with van der Waals surface area (Å²) in [5.74, 6) is 0. The van der Waals surface area contributed by atoms with Gasteiger partial charge in [-0.25, -0.2) is 0 Å². The average Bonchev–Trinajstić information content (AvgIpc) is 2.17. The Balaban J connectivity index is 2.36. The van der Waals surface area contributed by atoms with Gasteiger partial charge in [0.25, 0.3) is 0 Å². The van der Waals surface area contributed by atoms with Crippen LogP contribution in [0.4, 0.5) is 0 Å². The third kappa shape index (κ3) is 0.734. The maximum atomic E-state index is 11.9. The number of allylic oxidation sites excluding steroid dienone is 2. The largest absolute Gasteiger partial charge is 0.323 e. The Morgan fingerprint density at radius 1 is 1.30 bits per heavy atom. The molecule has 10 heavy (non-hydrogen) atoms. The molecule has 1 fully saturated rings. The van der Waals surface area contributed by atoms with Crippen molar-refractivity contribution in [2.45, 2.75) is 30.6 Å². The second-order valence-electron chi connectivity index (χ2n) is 3.51. The lowest BCUT2D eigenvalue weighted by Gasteiger charge is -2.27. The van der Waals surface area contributed by atoms with Gasteiger partial charge in [-0.2, -0.15) is 0 Å². The summed E-state index contributed by atoms with van der Waals surface area (Å²) in [7, 11) is -1.77. The minimum atomic E-state index is -1.77. The highest BCUT2D eigenvalue weighted by Gasteiger charge is 2.40. The minimum Gasteiger partial charge on any atom is -0.323 e. The monoisotopic (exact) mass is 156 g/mol. The molecule has 1 saturated heterocycles. The van der Waals surface area contributed by atoms with Crippen molar-refractivity contribution < 1.29 is 4.57 Å². The summed E-state index contributed by atoms with van der Waals surface area (Å²) in [6.45, 7) is 1.97. The van der Waals surface area contributed by atoms with Crippen molar-refractivity contribution in [3.63, 3.8) is 0 Å². The predicted octanol–water partition coefficient (Wildman–Crippen LogP) is 2.47. The first-order chi connectivity index (χ1) is 4.71. The third-order valence-corrected chi connectivity index (χ3v) is 6.37. The van der Waals surface area contributed by atoms with Crippen molar-refractivity contribution in [3.8, 4) is 0 Å². The van der Waals surface area contributed by atoms with Crippen molar-refractivity contribution >= 4 is 7.14 Å². The quantitative estimate of drug-likeness (QED) is 0.389. The molecule has 2 bridgehead atoms. The Bertz CT molecular complexity index is 201. The molecule has 0 N–H and O–H groups in total. The molecule has 0 spiro atoms. The van der Waals surface area contributed by atoms with E-state index in [9.17, 15) is 4.57 Å². The highest BCUT2D eigenvalue weighted by Crippen LogP contribution is 2.62. The Labute approximate surface area is 61.9 Å². The molecular weight excluding hydrogens is 143 g/mol. The average molecular weight is 156 g/mol. The Hall–Kier alpha value is -0.0300. The Morgan fingerprint density at radius 2 is 1.80 bits per heavy atom. The van der Waals surface area contributed by atoms with E-state index in [1.165, 1.54) is 19.3 Å². The van der Waals surface area contributed by atoms with Crippen LogP contribution in [0, 0.1) is 0 Å². The van der Waals surface area contributed by atoms with Gasteiger partial charge < -0.3 is 4.57 Å². The molecule has 2 aliphatic heterocycles. The standard InChI is InChI=1S/C8H13OP/c1-10(9)7-3-2-4-8(10)6-5-7/h5-8H,2-4H2,1H3. The molecule has 0 aliphatic carbocycles. The zero-order valence-corrected chi connectivity index (χ0v) is 7.18. The van der Waals surface area contributed by atoms with E-state index in [-0.39, 0.29) is 0 Å². The molecule has 2 rings (SSSR count). The number of rotatable bonds is 0. The maximum Gasteiger partial charge on any atom is 0.0978 e. The van der Waals surface area contributed by atoms with E-state index in [4.69, 9.17) is 0 Å². The summed E-state index contributed by atoms with van der Waals surface area (Å²) in [6, 6.07) is 0. The highest BCUT2D eigenvalue weighted by atomic mass is 31.2. The van der Waals surface area contributed by atoms with E-state index in [1.54, 1.807) is 0 Å². The Morgan fingerprint density at radius 3 is 2.20 bits per heavy atom. The topological polar surface area (TPSA) is 17.1 Å². The summed E-state index contributed by atoms with van der Waals surface area (Å²) in [5.41, 5.74) is 0.900. The van der Waals surface area contributed by atoms with Crippen LogP contribution in [0.25, 0.3) is 0 Å². The predicted molar refractivity (Wildman–Crippen MR) is 44.1 cm³/mol. The molecule has 0 radical (unpaired) electrons. The molecular formula is C8H13OP. The van der Waals surface area contributed by atoms with E-state index in [2.05, 4.69) is 12.2 Å². The molecule has 2 heteroatoms. The van der Waals surface area contributed by atoms with Gasteiger partial charge in [-0.3, -0.25) is 0 Å². The van der Waals surface area contributed by atoms with Crippen molar-refractivity contribution in [3.05, 3.63) is 12.2 Å². The van der Waals surface area contributed by atoms with Gasteiger partial charge in [0.05, 0.1) is 7.14 Å². The van der Waals surface area contributed by atoms with Gasteiger partial charge >= 0.3 is 0 Å². The minimum absolute atomic E-state index is 0.450. The molecule has 2 heterocycles. The SMILES string of the molecule is CP1(=O)C2C=CC1CCC2. The van der Waals surface area contributed by atoms with Crippen LogP contribution in [-0.2, 0) is 4.57 Å². The fourth-order valence-corrected chi connectivity index (χ4v) is 4.85. The summed E-state index contributed by atoms with van der Waals surface area (Å²) in [4.78, 5) is 0. The van der Waals surface area contributed by atoms with Crippen LogP contribution in [0.2, 0.25) is 0 Å². The van der Waals surface area contributed by atoms with Crippen LogP contribution in [-0.4, -0.2) is 18.0 Å². The highest BCUT2D eigenvalue weighted by molar-refractivity contribution is 7.65. The lowest BCUT2D eigenvalue weighted by Crippen LogP contribution is -2.14. The van der Waals surface area contributed by atoms with Crippen molar-refractivity contribution in [2.24, 2.45) is 0 Å². The molecule has 0 amide bonds. The van der Waals surface area contributed by atoms with Gasteiger partial charge in [-0.15, -0.1) is 0 Å². The molecule has 0 aromatic heterocycles. The number of hydrogen-bond donors (Lipinski definition) is 0. The first-order valence-electron chi connectivity index (χ1n) is 3.96. The van der Waals surface area contributed by atoms with Crippen LogP contribution < -0.4 is 0 Å². The van der Waals surface area contributed by atoms with Gasteiger partial charge in [0.2, 0.25) is 0 Å². The maximum absolute atomic E-state index is 11.9. The number of hydrogen-bond acceptors (Lipinski definition) is 1. The van der Waals surface area contributed by atoms with Gasteiger partial charge in [0.1, 0.15) is 0 Å². The zero-order valence-electron chi connectivity index (χ0n) is 6.29. The smallest absolute Gasteiger partial charge is 0.0978 e. The first kappa shape index (κ1) is 6.67. The second-order valence-corrected chi connectivity index (χ2v) is 6.95. The molecule has 0 aromatic carbocycles. The normalized spacial score (nSPS) is 51.7. The Kier molecular flexibility index (Phi) is 1.32.